The Morgan fingerprint density at radius 3 is 3.11 bits per heavy atom. The van der Waals surface area contributed by atoms with Gasteiger partial charge in [-0.05, 0) is 36.8 Å². The minimum Gasteiger partial charge on any atom is -0.334 e. The van der Waals surface area contributed by atoms with Crippen molar-refractivity contribution < 1.29 is 0 Å². The van der Waals surface area contributed by atoms with Crippen molar-refractivity contribution in [2.45, 2.75) is 32.2 Å². The van der Waals surface area contributed by atoms with E-state index < -0.39 is 0 Å². The van der Waals surface area contributed by atoms with E-state index in [0.717, 1.165) is 6.54 Å². The second-order valence-electron chi connectivity index (χ2n) is 5.29. The molecule has 19 heavy (non-hydrogen) atoms. The molecule has 3 heteroatoms. The van der Waals surface area contributed by atoms with Gasteiger partial charge in [0, 0.05) is 33.9 Å². The molecule has 4 rings (SSSR count). The molecule has 0 aliphatic carbocycles. The zero-order chi connectivity index (χ0) is 12.8. The number of benzene rings is 1. The Morgan fingerprint density at radius 2 is 2.21 bits per heavy atom. The van der Waals surface area contributed by atoms with E-state index in [1.807, 2.05) is 23.9 Å². The number of fused-ring (bicyclic) bond motifs is 2. The Labute approximate surface area is 116 Å². The van der Waals surface area contributed by atoms with Crippen molar-refractivity contribution in [1.82, 2.24) is 9.55 Å². The lowest BCUT2D eigenvalue weighted by atomic mass is 9.92. The van der Waals surface area contributed by atoms with Crippen LogP contribution in [-0.2, 0) is 6.54 Å². The molecule has 0 fully saturated rings. The monoisotopic (exact) mass is 268 g/mol. The van der Waals surface area contributed by atoms with Gasteiger partial charge in [0.25, 0.3) is 0 Å². The van der Waals surface area contributed by atoms with E-state index in [4.69, 9.17) is 0 Å². The maximum atomic E-state index is 4.33. The first-order chi connectivity index (χ1) is 9.34. The van der Waals surface area contributed by atoms with Crippen LogP contribution in [0.4, 0.5) is 0 Å². The van der Waals surface area contributed by atoms with E-state index in [2.05, 4.69) is 40.7 Å². The van der Waals surface area contributed by atoms with Crippen LogP contribution in [-0.4, -0.2) is 9.55 Å². The van der Waals surface area contributed by atoms with Crippen molar-refractivity contribution in [3.63, 3.8) is 0 Å². The average Bonchev–Trinajstić information content (AvgIpc) is 3.04. The highest BCUT2D eigenvalue weighted by atomic mass is 32.1. The van der Waals surface area contributed by atoms with Gasteiger partial charge in [0.2, 0.25) is 0 Å². The fourth-order valence-corrected chi connectivity index (χ4v) is 4.57. The van der Waals surface area contributed by atoms with Gasteiger partial charge in [-0.1, -0.05) is 18.2 Å². The van der Waals surface area contributed by atoms with Crippen molar-refractivity contribution in [1.29, 1.82) is 0 Å². The van der Waals surface area contributed by atoms with E-state index in [-0.39, 0.29) is 0 Å². The lowest BCUT2D eigenvalue weighted by Crippen LogP contribution is -2.15. The number of aromatic nitrogens is 2. The van der Waals surface area contributed by atoms with Gasteiger partial charge in [0.05, 0.1) is 6.33 Å². The maximum absolute atomic E-state index is 4.33. The smallest absolute Gasteiger partial charge is 0.0948 e. The Bertz CT molecular complexity index is 738. The molecule has 2 nitrogen and oxygen atoms in total. The summed E-state index contributed by atoms with van der Waals surface area (Å²) in [6.07, 6.45) is 6.53. The van der Waals surface area contributed by atoms with Crippen molar-refractivity contribution in [3.8, 4) is 0 Å². The van der Waals surface area contributed by atoms with Gasteiger partial charge in [-0.3, -0.25) is 0 Å². The molecular weight excluding hydrogens is 252 g/mol. The van der Waals surface area contributed by atoms with Gasteiger partial charge in [-0.25, -0.2) is 4.98 Å². The van der Waals surface area contributed by atoms with E-state index in [0.29, 0.717) is 5.92 Å². The number of aryl methyl sites for hydroxylation is 2. The number of hydrogen-bond donors (Lipinski definition) is 0. The fraction of sp³-hybridized carbons (Fsp3) is 0.312. The second kappa shape index (κ2) is 4.20. The molecule has 1 aromatic carbocycles. The van der Waals surface area contributed by atoms with Crippen LogP contribution in [0.3, 0.4) is 0 Å². The lowest BCUT2D eigenvalue weighted by molar-refractivity contribution is 0.494. The molecule has 0 saturated carbocycles. The Morgan fingerprint density at radius 1 is 1.32 bits per heavy atom. The summed E-state index contributed by atoms with van der Waals surface area (Å²) in [5.74, 6) is 0.536. The molecule has 3 aromatic rings. The van der Waals surface area contributed by atoms with Crippen LogP contribution in [0.25, 0.3) is 10.1 Å². The molecule has 1 aliphatic rings. The molecule has 3 heterocycles. The van der Waals surface area contributed by atoms with Crippen molar-refractivity contribution in [2.24, 2.45) is 0 Å². The minimum absolute atomic E-state index is 0.536. The Hall–Kier alpha value is -1.61. The molecule has 0 N–H and O–H groups in total. The predicted octanol–water partition coefficient (Wildman–Crippen LogP) is 4.33. The molecule has 0 radical (unpaired) electrons. The van der Waals surface area contributed by atoms with Crippen LogP contribution in [0.1, 0.15) is 34.9 Å². The van der Waals surface area contributed by atoms with E-state index in [1.54, 1.807) is 0 Å². The lowest BCUT2D eigenvalue weighted by Gasteiger charge is -2.23. The van der Waals surface area contributed by atoms with Gasteiger partial charge < -0.3 is 4.57 Å². The summed E-state index contributed by atoms with van der Waals surface area (Å²) in [5.41, 5.74) is 2.85. The highest BCUT2D eigenvalue weighted by molar-refractivity contribution is 7.19. The quantitative estimate of drug-likeness (QED) is 0.642. The summed E-state index contributed by atoms with van der Waals surface area (Å²) in [6.45, 7) is 3.39. The number of imidazole rings is 1. The standard InChI is InChI=1S/C16H16N2S/c1-11-12-5-2-3-7-15(12)19-16(11)13-6-4-8-18-10-17-9-14(13)18/h2-3,5,7,9-10,13H,4,6,8H2,1H3. The molecule has 0 amide bonds. The first-order valence-electron chi connectivity index (χ1n) is 6.82. The highest BCUT2D eigenvalue weighted by Crippen LogP contribution is 2.42. The van der Waals surface area contributed by atoms with Crippen LogP contribution >= 0.6 is 11.3 Å². The van der Waals surface area contributed by atoms with Gasteiger partial charge in [-0.15, -0.1) is 11.3 Å². The third kappa shape index (κ3) is 1.65. The fourth-order valence-electron chi connectivity index (χ4n) is 3.21. The van der Waals surface area contributed by atoms with Gasteiger partial charge >= 0.3 is 0 Å². The summed E-state index contributed by atoms with van der Waals surface area (Å²) >= 11 is 1.96. The molecule has 1 unspecified atom stereocenters. The Balaban J connectivity index is 1.90. The molecular formula is C16H16N2S. The van der Waals surface area contributed by atoms with E-state index in [1.165, 1.54) is 39.1 Å². The van der Waals surface area contributed by atoms with Gasteiger partial charge in [-0.2, -0.15) is 0 Å². The topological polar surface area (TPSA) is 17.8 Å². The number of hydrogen-bond acceptors (Lipinski definition) is 2. The van der Waals surface area contributed by atoms with Crippen LogP contribution in [0, 0.1) is 6.92 Å². The first kappa shape index (κ1) is 11.2. The highest BCUT2D eigenvalue weighted by Gasteiger charge is 2.25. The second-order valence-corrected chi connectivity index (χ2v) is 6.38. The largest absolute Gasteiger partial charge is 0.334 e. The summed E-state index contributed by atoms with van der Waals surface area (Å²) < 4.78 is 3.73. The summed E-state index contributed by atoms with van der Waals surface area (Å²) in [6, 6.07) is 8.74. The number of nitrogens with zero attached hydrogens (tertiary/aromatic N) is 2. The van der Waals surface area contributed by atoms with Crippen LogP contribution in [0.5, 0.6) is 0 Å². The van der Waals surface area contributed by atoms with Crippen molar-refractivity contribution in [3.05, 3.63) is 52.9 Å². The van der Waals surface area contributed by atoms with Gasteiger partial charge in [0.15, 0.2) is 0 Å². The SMILES string of the molecule is Cc1c(C2CCCn3cncc32)sc2ccccc12. The molecule has 0 bridgehead atoms. The van der Waals surface area contributed by atoms with E-state index in [9.17, 15) is 0 Å². The van der Waals surface area contributed by atoms with Crippen LogP contribution < -0.4 is 0 Å². The molecule has 0 spiro atoms. The van der Waals surface area contributed by atoms with E-state index >= 15 is 0 Å². The average molecular weight is 268 g/mol. The predicted molar refractivity (Wildman–Crippen MR) is 79.9 cm³/mol. The third-order valence-corrected chi connectivity index (χ3v) is 5.58. The van der Waals surface area contributed by atoms with Crippen molar-refractivity contribution >= 4 is 21.4 Å². The van der Waals surface area contributed by atoms with Crippen LogP contribution in [0.2, 0.25) is 0 Å². The van der Waals surface area contributed by atoms with Gasteiger partial charge in [0.1, 0.15) is 0 Å². The maximum Gasteiger partial charge on any atom is 0.0948 e. The Kier molecular flexibility index (Phi) is 2.49. The van der Waals surface area contributed by atoms with Crippen molar-refractivity contribution in [2.75, 3.05) is 0 Å². The molecule has 96 valence electrons. The number of thiophene rings is 1. The zero-order valence-electron chi connectivity index (χ0n) is 11.0. The zero-order valence-corrected chi connectivity index (χ0v) is 11.8. The molecule has 1 atom stereocenters. The normalized spacial score (nSPS) is 18.7. The summed E-state index contributed by atoms with van der Waals surface area (Å²) in [7, 11) is 0. The summed E-state index contributed by atoms with van der Waals surface area (Å²) in [5, 5.41) is 1.42. The van der Waals surface area contributed by atoms with Crippen LogP contribution in [0.15, 0.2) is 36.8 Å². The molecule has 0 saturated heterocycles. The number of rotatable bonds is 1. The first-order valence-corrected chi connectivity index (χ1v) is 7.64. The molecule has 2 aromatic heterocycles. The molecule has 1 aliphatic heterocycles. The summed E-state index contributed by atoms with van der Waals surface area (Å²) in [4.78, 5) is 5.86. The minimum atomic E-state index is 0.536. The third-order valence-electron chi connectivity index (χ3n) is 4.19.